The molecule has 0 aromatic carbocycles. The number of hydrogen-bond donors (Lipinski definition) is 2. The molecule has 0 unspecified atom stereocenters. The summed E-state index contributed by atoms with van der Waals surface area (Å²) >= 11 is 0. The van der Waals surface area contributed by atoms with Crippen LogP contribution in [-0.4, -0.2) is 49.9 Å². The summed E-state index contributed by atoms with van der Waals surface area (Å²) < 4.78 is 1.66. The molecule has 1 heterocycles. The summed E-state index contributed by atoms with van der Waals surface area (Å²) in [5.74, 6) is -0.497. The number of urea groups is 1. The maximum absolute atomic E-state index is 11.7. The minimum Gasteiger partial charge on any atom is -0.480 e. The molecule has 0 bridgehead atoms. The molecule has 2 N–H and O–H groups in total. The van der Waals surface area contributed by atoms with Crippen LogP contribution in [-0.2, 0) is 18.4 Å². The second-order valence-electron chi connectivity index (χ2n) is 3.58. The van der Waals surface area contributed by atoms with Gasteiger partial charge in [0.1, 0.15) is 12.9 Å². The predicted octanol–water partition coefficient (Wildman–Crippen LogP) is -0.403. The van der Waals surface area contributed by atoms with Gasteiger partial charge in [-0.25, -0.2) is 4.79 Å². The van der Waals surface area contributed by atoms with Crippen molar-refractivity contribution in [2.75, 3.05) is 13.1 Å². The molecule has 0 spiro atoms. The highest BCUT2D eigenvalue weighted by atomic mass is 16.4. The van der Waals surface area contributed by atoms with Gasteiger partial charge in [-0.15, -0.1) is 16.8 Å². The Kier molecular flexibility index (Phi) is 4.85. The second kappa shape index (κ2) is 6.38. The van der Waals surface area contributed by atoms with E-state index in [1.807, 2.05) is 0 Å². The molecule has 0 radical (unpaired) electrons. The number of amides is 2. The van der Waals surface area contributed by atoms with E-state index in [1.165, 1.54) is 12.4 Å². The van der Waals surface area contributed by atoms with Gasteiger partial charge in [0, 0.05) is 13.6 Å². The van der Waals surface area contributed by atoms with Gasteiger partial charge in [0.05, 0.1) is 6.54 Å². The van der Waals surface area contributed by atoms with Crippen LogP contribution in [0.4, 0.5) is 4.79 Å². The first-order valence-corrected chi connectivity index (χ1v) is 5.23. The average Bonchev–Trinajstić information content (AvgIpc) is 2.70. The van der Waals surface area contributed by atoms with Crippen molar-refractivity contribution in [2.24, 2.45) is 7.05 Å². The molecule has 0 atom stereocenters. The van der Waals surface area contributed by atoms with Gasteiger partial charge in [0.2, 0.25) is 0 Å². The molecule has 1 rings (SSSR count). The standard InChI is InChI=1S/C10H15N5O3/c1-3-4-15(6-9(16)17)10(18)11-5-8-13-12-7-14(8)2/h3,7H,1,4-6H2,2H3,(H,11,18)(H,16,17). The Morgan fingerprint density at radius 2 is 2.39 bits per heavy atom. The zero-order valence-corrected chi connectivity index (χ0v) is 10.0. The first kappa shape index (κ1) is 13.7. The number of nitrogens with one attached hydrogen (secondary N) is 1. The van der Waals surface area contributed by atoms with Gasteiger partial charge < -0.3 is 19.9 Å². The summed E-state index contributed by atoms with van der Waals surface area (Å²) in [6.45, 7) is 3.44. The van der Waals surface area contributed by atoms with Crippen molar-refractivity contribution < 1.29 is 14.7 Å². The minimum atomic E-state index is -1.08. The number of carbonyl (C=O) groups is 2. The number of carbonyl (C=O) groups excluding carboxylic acids is 1. The van der Waals surface area contributed by atoms with E-state index < -0.39 is 12.0 Å². The topological polar surface area (TPSA) is 100 Å². The SMILES string of the molecule is C=CCN(CC(=O)O)C(=O)NCc1nncn1C. The van der Waals surface area contributed by atoms with Crippen molar-refractivity contribution in [1.29, 1.82) is 0 Å². The molecule has 0 aliphatic carbocycles. The van der Waals surface area contributed by atoms with Crippen LogP contribution in [0.15, 0.2) is 19.0 Å². The molecule has 0 saturated heterocycles. The third-order valence-corrected chi connectivity index (χ3v) is 2.17. The Bertz CT molecular complexity index is 442. The fourth-order valence-electron chi connectivity index (χ4n) is 1.27. The highest BCUT2D eigenvalue weighted by Gasteiger charge is 2.15. The number of nitrogens with zero attached hydrogens (tertiary/aromatic N) is 4. The molecule has 0 saturated carbocycles. The molecule has 8 nitrogen and oxygen atoms in total. The summed E-state index contributed by atoms with van der Waals surface area (Å²) in [6, 6.07) is -0.486. The summed E-state index contributed by atoms with van der Waals surface area (Å²) in [6.07, 6.45) is 2.98. The number of aryl methyl sites for hydroxylation is 1. The van der Waals surface area contributed by atoms with Crippen LogP contribution in [0.3, 0.4) is 0 Å². The van der Waals surface area contributed by atoms with E-state index in [4.69, 9.17) is 5.11 Å². The van der Waals surface area contributed by atoms with Crippen LogP contribution < -0.4 is 5.32 Å². The van der Waals surface area contributed by atoms with Crippen LogP contribution in [0.5, 0.6) is 0 Å². The van der Waals surface area contributed by atoms with E-state index in [0.29, 0.717) is 5.82 Å². The van der Waals surface area contributed by atoms with E-state index >= 15 is 0 Å². The Labute approximate surface area is 104 Å². The fraction of sp³-hybridized carbons (Fsp3) is 0.400. The van der Waals surface area contributed by atoms with E-state index in [9.17, 15) is 9.59 Å². The number of carboxylic acids is 1. The van der Waals surface area contributed by atoms with Gasteiger partial charge in [-0.2, -0.15) is 0 Å². The zero-order valence-electron chi connectivity index (χ0n) is 10.0. The molecule has 0 aliphatic rings. The number of rotatable bonds is 6. The Morgan fingerprint density at radius 1 is 1.67 bits per heavy atom. The maximum Gasteiger partial charge on any atom is 0.323 e. The Balaban J connectivity index is 2.53. The quantitative estimate of drug-likeness (QED) is 0.672. The third-order valence-electron chi connectivity index (χ3n) is 2.17. The summed E-state index contributed by atoms with van der Waals surface area (Å²) in [5.41, 5.74) is 0. The van der Waals surface area contributed by atoms with Crippen molar-refractivity contribution in [3.8, 4) is 0 Å². The lowest BCUT2D eigenvalue weighted by Gasteiger charge is -2.19. The first-order valence-electron chi connectivity index (χ1n) is 5.23. The number of aliphatic carboxylic acids is 1. The van der Waals surface area contributed by atoms with Crippen LogP contribution in [0.25, 0.3) is 0 Å². The van der Waals surface area contributed by atoms with Crippen LogP contribution >= 0.6 is 0 Å². The first-order chi connectivity index (χ1) is 8.54. The molecule has 0 fully saturated rings. The van der Waals surface area contributed by atoms with Gasteiger partial charge in [-0.3, -0.25) is 4.79 Å². The molecular formula is C10H15N5O3. The van der Waals surface area contributed by atoms with Crippen molar-refractivity contribution in [1.82, 2.24) is 25.0 Å². The van der Waals surface area contributed by atoms with Crippen LogP contribution in [0.2, 0.25) is 0 Å². The minimum absolute atomic E-state index is 0.164. The van der Waals surface area contributed by atoms with E-state index in [-0.39, 0.29) is 19.6 Å². The maximum atomic E-state index is 11.7. The van der Waals surface area contributed by atoms with E-state index in [2.05, 4.69) is 22.1 Å². The summed E-state index contributed by atoms with van der Waals surface area (Å²) in [5, 5.41) is 18.7. The molecule has 2 amide bonds. The molecule has 1 aromatic rings. The van der Waals surface area contributed by atoms with E-state index in [0.717, 1.165) is 4.90 Å². The lowest BCUT2D eigenvalue weighted by atomic mass is 10.4. The number of aromatic nitrogens is 3. The Hall–Kier alpha value is -2.38. The van der Waals surface area contributed by atoms with Crippen molar-refractivity contribution >= 4 is 12.0 Å². The second-order valence-corrected chi connectivity index (χ2v) is 3.58. The van der Waals surface area contributed by atoms with Crippen molar-refractivity contribution in [2.45, 2.75) is 6.54 Å². The normalized spacial score (nSPS) is 9.83. The highest BCUT2D eigenvalue weighted by molar-refractivity contribution is 5.80. The molecule has 8 heteroatoms. The Morgan fingerprint density at radius 3 is 2.89 bits per heavy atom. The third kappa shape index (κ3) is 3.89. The van der Waals surface area contributed by atoms with Gasteiger partial charge in [0.15, 0.2) is 5.82 Å². The van der Waals surface area contributed by atoms with E-state index in [1.54, 1.807) is 11.6 Å². The van der Waals surface area contributed by atoms with Crippen LogP contribution in [0, 0.1) is 0 Å². The zero-order chi connectivity index (χ0) is 13.5. The van der Waals surface area contributed by atoms with Gasteiger partial charge in [-0.1, -0.05) is 6.08 Å². The number of hydrogen-bond acceptors (Lipinski definition) is 4. The largest absolute Gasteiger partial charge is 0.480 e. The fourth-order valence-corrected chi connectivity index (χ4v) is 1.27. The van der Waals surface area contributed by atoms with Crippen LogP contribution in [0.1, 0.15) is 5.82 Å². The molecule has 1 aromatic heterocycles. The molecule has 18 heavy (non-hydrogen) atoms. The number of carboxylic acid groups (broad SMARTS) is 1. The monoisotopic (exact) mass is 253 g/mol. The lowest BCUT2D eigenvalue weighted by molar-refractivity contribution is -0.137. The average molecular weight is 253 g/mol. The molecule has 98 valence electrons. The van der Waals surface area contributed by atoms with Crippen molar-refractivity contribution in [3.05, 3.63) is 24.8 Å². The van der Waals surface area contributed by atoms with Crippen molar-refractivity contribution in [3.63, 3.8) is 0 Å². The summed E-state index contributed by atoms with van der Waals surface area (Å²) in [7, 11) is 1.75. The molecule has 0 aliphatic heterocycles. The smallest absolute Gasteiger partial charge is 0.323 e. The molecular weight excluding hydrogens is 238 g/mol. The highest BCUT2D eigenvalue weighted by Crippen LogP contribution is 1.94. The predicted molar refractivity (Wildman–Crippen MR) is 62.6 cm³/mol. The summed E-state index contributed by atoms with van der Waals surface area (Å²) in [4.78, 5) is 23.4. The van der Waals surface area contributed by atoms with Gasteiger partial charge in [0.25, 0.3) is 0 Å². The van der Waals surface area contributed by atoms with Gasteiger partial charge >= 0.3 is 12.0 Å². The lowest BCUT2D eigenvalue weighted by Crippen LogP contribution is -2.42. The van der Waals surface area contributed by atoms with Gasteiger partial charge in [-0.05, 0) is 0 Å².